The van der Waals surface area contributed by atoms with Gasteiger partial charge in [0.15, 0.2) is 16.8 Å². The molecule has 0 aliphatic carbocycles. The van der Waals surface area contributed by atoms with Crippen LogP contribution in [-0.2, 0) is 6.54 Å². The Bertz CT molecular complexity index is 460. The van der Waals surface area contributed by atoms with E-state index in [2.05, 4.69) is 24.2 Å². The van der Waals surface area contributed by atoms with Gasteiger partial charge in [-0.2, -0.15) is 0 Å². The summed E-state index contributed by atoms with van der Waals surface area (Å²) in [7, 11) is 0. The smallest absolute Gasteiger partial charge is 0.159 e. The molecular formula is C13H16F2N2S. The third-order valence-electron chi connectivity index (χ3n) is 2.90. The Balaban J connectivity index is 1.97. The monoisotopic (exact) mass is 270 g/mol. The first kappa shape index (κ1) is 13.3. The van der Waals surface area contributed by atoms with E-state index in [-0.39, 0.29) is 0 Å². The van der Waals surface area contributed by atoms with Gasteiger partial charge in [-0.3, -0.25) is 4.99 Å². The van der Waals surface area contributed by atoms with Gasteiger partial charge in [0.05, 0.1) is 6.54 Å². The van der Waals surface area contributed by atoms with Gasteiger partial charge in [0.25, 0.3) is 0 Å². The molecule has 1 aliphatic rings. The molecule has 0 saturated carbocycles. The van der Waals surface area contributed by atoms with E-state index in [9.17, 15) is 8.78 Å². The Labute approximate surface area is 110 Å². The highest BCUT2D eigenvalue weighted by molar-refractivity contribution is 8.14. The highest BCUT2D eigenvalue weighted by Crippen LogP contribution is 2.19. The van der Waals surface area contributed by atoms with Crippen molar-refractivity contribution in [2.75, 3.05) is 5.75 Å². The maximum absolute atomic E-state index is 13.0. The quantitative estimate of drug-likeness (QED) is 0.912. The predicted octanol–water partition coefficient (Wildman–Crippen LogP) is 3.18. The van der Waals surface area contributed by atoms with Crippen LogP contribution in [0.1, 0.15) is 19.4 Å². The molecule has 0 radical (unpaired) electrons. The zero-order valence-corrected chi connectivity index (χ0v) is 11.2. The Morgan fingerprint density at radius 2 is 2.17 bits per heavy atom. The summed E-state index contributed by atoms with van der Waals surface area (Å²) in [5.74, 6) is -0.0678. The summed E-state index contributed by atoms with van der Waals surface area (Å²) in [5, 5.41) is 4.22. The number of nitrogens with zero attached hydrogens (tertiary/aromatic N) is 1. The summed E-state index contributed by atoms with van der Waals surface area (Å²) in [6, 6.07) is 4.33. The molecule has 1 aromatic carbocycles. The Morgan fingerprint density at radius 1 is 1.39 bits per heavy atom. The van der Waals surface area contributed by atoms with Gasteiger partial charge in [-0.25, -0.2) is 8.78 Å². The van der Waals surface area contributed by atoms with E-state index < -0.39 is 11.6 Å². The number of nitrogens with one attached hydrogen (secondary N) is 1. The van der Waals surface area contributed by atoms with Crippen LogP contribution in [0.15, 0.2) is 23.2 Å². The van der Waals surface area contributed by atoms with Gasteiger partial charge in [0, 0.05) is 11.8 Å². The fraction of sp³-hybridized carbons (Fsp3) is 0.462. The van der Waals surface area contributed by atoms with Crippen molar-refractivity contribution in [3.63, 3.8) is 0 Å². The molecule has 2 rings (SSSR count). The molecule has 0 unspecified atom stereocenters. The normalized spacial score (nSPS) is 21.6. The first-order chi connectivity index (χ1) is 8.56. The molecule has 1 N–H and O–H groups in total. The molecule has 18 heavy (non-hydrogen) atoms. The molecule has 1 aliphatic heterocycles. The van der Waals surface area contributed by atoms with Crippen LogP contribution in [0.25, 0.3) is 0 Å². The van der Waals surface area contributed by atoms with Crippen molar-refractivity contribution in [3.05, 3.63) is 35.4 Å². The van der Waals surface area contributed by atoms with Crippen LogP contribution in [0, 0.1) is 17.6 Å². The molecule has 0 spiro atoms. The van der Waals surface area contributed by atoms with Crippen LogP contribution < -0.4 is 5.32 Å². The highest BCUT2D eigenvalue weighted by atomic mass is 32.2. The molecule has 0 amide bonds. The van der Waals surface area contributed by atoms with Crippen LogP contribution in [0.4, 0.5) is 8.78 Å². The number of halogens is 2. The van der Waals surface area contributed by atoms with Crippen LogP contribution in [0.5, 0.6) is 0 Å². The number of rotatable bonds is 3. The number of amidine groups is 1. The predicted molar refractivity (Wildman–Crippen MR) is 71.7 cm³/mol. The number of thioether (sulfide) groups is 1. The van der Waals surface area contributed by atoms with Crippen molar-refractivity contribution in [3.8, 4) is 0 Å². The third-order valence-corrected chi connectivity index (χ3v) is 3.95. The average Bonchev–Trinajstić information content (AvgIpc) is 2.79. The molecule has 1 saturated heterocycles. The lowest BCUT2D eigenvalue weighted by Gasteiger charge is -2.13. The maximum atomic E-state index is 13.0. The fourth-order valence-electron chi connectivity index (χ4n) is 1.66. The van der Waals surface area contributed by atoms with Gasteiger partial charge in [0.1, 0.15) is 0 Å². The van der Waals surface area contributed by atoms with Gasteiger partial charge >= 0.3 is 0 Å². The van der Waals surface area contributed by atoms with Crippen molar-refractivity contribution in [2.45, 2.75) is 26.4 Å². The van der Waals surface area contributed by atoms with Crippen LogP contribution in [0.2, 0.25) is 0 Å². The average molecular weight is 270 g/mol. The number of hydrogen-bond donors (Lipinski definition) is 1. The Kier molecular flexibility index (Phi) is 4.22. The summed E-state index contributed by atoms with van der Waals surface area (Å²) in [6.45, 7) is 4.70. The van der Waals surface area contributed by atoms with Crippen LogP contribution in [-0.4, -0.2) is 17.0 Å². The van der Waals surface area contributed by atoms with E-state index in [0.717, 1.165) is 17.0 Å². The summed E-state index contributed by atoms with van der Waals surface area (Å²) < 4.78 is 25.8. The molecule has 1 aromatic rings. The van der Waals surface area contributed by atoms with Gasteiger partial charge < -0.3 is 5.32 Å². The molecule has 1 atom stereocenters. The standard InChI is InChI=1S/C13H16F2N2S/c1-8(2)12-7-18-13(17-12)16-6-9-3-4-10(14)11(15)5-9/h3-5,8,12H,6-7H2,1-2H3,(H,16,17)/t12-/m1/s1. The van der Waals surface area contributed by atoms with Crippen molar-refractivity contribution in [2.24, 2.45) is 10.9 Å². The summed E-state index contributed by atoms with van der Waals surface area (Å²) >= 11 is 1.68. The second-order valence-electron chi connectivity index (χ2n) is 4.68. The first-order valence-electron chi connectivity index (χ1n) is 5.94. The molecule has 98 valence electrons. The Morgan fingerprint density at radius 3 is 2.78 bits per heavy atom. The zero-order valence-electron chi connectivity index (χ0n) is 10.4. The SMILES string of the molecule is CC(C)[C@H]1CSC(=NCc2ccc(F)c(F)c2)N1. The Hall–Kier alpha value is -1.10. The first-order valence-corrected chi connectivity index (χ1v) is 6.92. The molecular weight excluding hydrogens is 254 g/mol. The van der Waals surface area contributed by atoms with Crippen molar-refractivity contribution in [1.82, 2.24) is 5.32 Å². The van der Waals surface area contributed by atoms with Crippen molar-refractivity contribution in [1.29, 1.82) is 0 Å². The minimum absolute atomic E-state index is 0.372. The minimum atomic E-state index is -0.820. The largest absolute Gasteiger partial charge is 0.361 e. The van der Waals surface area contributed by atoms with E-state index in [1.165, 1.54) is 6.07 Å². The molecule has 0 aromatic heterocycles. The van der Waals surface area contributed by atoms with Crippen molar-refractivity contribution < 1.29 is 8.78 Å². The summed E-state index contributed by atoms with van der Waals surface area (Å²) in [6.07, 6.45) is 0. The summed E-state index contributed by atoms with van der Waals surface area (Å²) in [4.78, 5) is 4.38. The van der Waals surface area contributed by atoms with Gasteiger partial charge in [-0.05, 0) is 23.6 Å². The lowest BCUT2D eigenvalue weighted by atomic mass is 10.1. The molecule has 1 fully saturated rings. The van der Waals surface area contributed by atoms with E-state index in [4.69, 9.17) is 0 Å². The van der Waals surface area contributed by atoms with E-state index in [0.29, 0.717) is 24.1 Å². The second kappa shape index (κ2) is 5.69. The lowest BCUT2D eigenvalue weighted by molar-refractivity contribution is 0.502. The van der Waals surface area contributed by atoms with Gasteiger partial charge in [-0.1, -0.05) is 31.7 Å². The molecule has 1 heterocycles. The van der Waals surface area contributed by atoms with Crippen LogP contribution in [0.3, 0.4) is 0 Å². The maximum Gasteiger partial charge on any atom is 0.159 e. The lowest BCUT2D eigenvalue weighted by Crippen LogP contribution is -2.31. The fourth-order valence-corrected chi connectivity index (χ4v) is 2.86. The minimum Gasteiger partial charge on any atom is -0.361 e. The number of hydrogen-bond acceptors (Lipinski definition) is 2. The molecule has 0 bridgehead atoms. The molecule has 2 nitrogen and oxygen atoms in total. The number of benzene rings is 1. The summed E-state index contributed by atoms with van der Waals surface area (Å²) in [5.41, 5.74) is 0.678. The molecule has 5 heteroatoms. The second-order valence-corrected chi connectivity index (χ2v) is 5.68. The van der Waals surface area contributed by atoms with E-state index in [1.54, 1.807) is 17.8 Å². The highest BCUT2D eigenvalue weighted by Gasteiger charge is 2.22. The van der Waals surface area contributed by atoms with Crippen LogP contribution >= 0.6 is 11.8 Å². The van der Waals surface area contributed by atoms with E-state index in [1.807, 2.05) is 0 Å². The topological polar surface area (TPSA) is 24.4 Å². The number of aliphatic imine (C=N–C) groups is 1. The van der Waals surface area contributed by atoms with E-state index >= 15 is 0 Å². The van der Waals surface area contributed by atoms with Gasteiger partial charge in [-0.15, -0.1) is 0 Å². The zero-order chi connectivity index (χ0) is 13.1. The third kappa shape index (κ3) is 3.22. The van der Waals surface area contributed by atoms with Crippen molar-refractivity contribution >= 4 is 16.9 Å². The van der Waals surface area contributed by atoms with Gasteiger partial charge in [0.2, 0.25) is 0 Å².